The zero-order valence-electron chi connectivity index (χ0n) is 10.2. The summed E-state index contributed by atoms with van der Waals surface area (Å²) in [6, 6.07) is 2.72. The molecule has 1 aromatic carbocycles. The summed E-state index contributed by atoms with van der Waals surface area (Å²) in [7, 11) is 0. The van der Waals surface area contributed by atoms with Gasteiger partial charge >= 0.3 is 0 Å². The molecule has 0 fully saturated rings. The van der Waals surface area contributed by atoms with Crippen molar-refractivity contribution in [3.05, 3.63) is 39.7 Å². The van der Waals surface area contributed by atoms with Gasteiger partial charge in [0.15, 0.2) is 29.8 Å². The zero-order valence-corrected chi connectivity index (χ0v) is 11.8. The van der Waals surface area contributed by atoms with Gasteiger partial charge in [0.05, 0.1) is 5.56 Å². The minimum absolute atomic E-state index is 0.0975. The molecule has 7 heteroatoms. The molecule has 1 heterocycles. The number of aromatic nitrogens is 2. The van der Waals surface area contributed by atoms with Crippen molar-refractivity contribution >= 4 is 21.7 Å². The summed E-state index contributed by atoms with van der Waals surface area (Å²) < 4.78 is 24.4. The molecule has 100 valence electrons. The van der Waals surface area contributed by atoms with Gasteiger partial charge in [-0.1, -0.05) is 21.1 Å². The molecule has 1 aromatic heterocycles. The Labute approximate surface area is 116 Å². The van der Waals surface area contributed by atoms with Crippen LogP contribution in [0, 0.1) is 12.7 Å². The van der Waals surface area contributed by atoms with Gasteiger partial charge in [-0.25, -0.2) is 4.39 Å². The van der Waals surface area contributed by atoms with E-state index in [1.54, 1.807) is 6.92 Å². The van der Waals surface area contributed by atoms with Crippen LogP contribution in [-0.2, 0) is 6.61 Å². The Morgan fingerprint density at radius 2 is 2.26 bits per heavy atom. The van der Waals surface area contributed by atoms with E-state index in [1.165, 1.54) is 19.1 Å². The molecule has 2 rings (SSSR count). The van der Waals surface area contributed by atoms with Gasteiger partial charge in [0.1, 0.15) is 0 Å². The normalized spacial score (nSPS) is 10.5. The molecule has 0 saturated carbocycles. The highest BCUT2D eigenvalue weighted by Crippen LogP contribution is 2.28. The lowest BCUT2D eigenvalue weighted by Gasteiger charge is -2.09. The van der Waals surface area contributed by atoms with Crippen LogP contribution in [0.3, 0.4) is 0 Å². The van der Waals surface area contributed by atoms with Crippen molar-refractivity contribution in [2.45, 2.75) is 20.5 Å². The number of carbonyl (C=O) groups excluding carboxylic acids is 1. The number of rotatable bonds is 4. The molecule has 0 bridgehead atoms. The van der Waals surface area contributed by atoms with Gasteiger partial charge in [-0.2, -0.15) is 4.98 Å². The third-order valence-electron chi connectivity index (χ3n) is 2.30. The topological polar surface area (TPSA) is 65.2 Å². The van der Waals surface area contributed by atoms with Crippen LogP contribution < -0.4 is 4.74 Å². The number of carbonyl (C=O) groups is 1. The molecular weight excluding hydrogens is 319 g/mol. The molecule has 0 radical (unpaired) electrons. The SMILES string of the molecule is CC(=O)c1cc(Br)cc(F)c1OCc1nc(C)no1. The fourth-order valence-corrected chi connectivity index (χ4v) is 1.93. The third kappa shape index (κ3) is 3.17. The lowest BCUT2D eigenvalue weighted by atomic mass is 10.1. The van der Waals surface area contributed by atoms with Gasteiger partial charge < -0.3 is 9.26 Å². The van der Waals surface area contributed by atoms with Crippen molar-refractivity contribution in [2.75, 3.05) is 0 Å². The first-order chi connectivity index (χ1) is 8.97. The number of ether oxygens (including phenoxy) is 1. The van der Waals surface area contributed by atoms with E-state index >= 15 is 0 Å². The molecule has 19 heavy (non-hydrogen) atoms. The van der Waals surface area contributed by atoms with Gasteiger partial charge in [-0.15, -0.1) is 0 Å². The first-order valence-electron chi connectivity index (χ1n) is 5.39. The van der Waals surface area contributed by atoms with E-state index in [-0.39, 0.29) is 29.6 Å². The van der Waals surface area contributed by atoms with E-state index < -0.39 is 5.82 Å². The molecule has 0 atom stereocenters. The van der Waals surface area contributed by atoms with Crippen LogP contribution in [0.2, 0.25) is 0 Å². The van der Waals surface area contributed by atoms with Gasteiger partial charge in [0.25, 0.3) is 5.89 Å². The Hall–Kier alpha value is -1.76. The number of ketones is 1. The minimum Gasteiger partial charge on any atom is -0.480 e. The van der Waals surface area contributed by atoms with Crippen LogP contribution in [0.15, 0.2) is 21.1 Å². The Morgan fingerprint density at radius 3 is 2.84 bits per heavy atom. The molecule has 0 aliphatic rings. The second-order valence-electron chi connectivity index (χ2n) is 3.84. The maximum atomic E-state index is 13.8. The van der Waals surface area contributed by atoms with E-state index in [9.17, 15) is 9.18 Å². The number of hydrogen-bond donors (Lipinski definition) is 0. The van der Waals surface area contributed by atoms with Crippen molar-refractivity contribution in [3.8, 4) is 5.75 Å². The number of halogens is 2. The molecule has 0 amide bonds. The van der Waals surface area contributed by atoms with Crippen LogP contribution in [0.4, 0.5) is 4.39 Å². The van der Waals surface area contributed by atoms with Crippen LogP contribution in [0.25, 0.3) is 0 Å². The lowest BCUT2D eigenvalue weighted by molar-refractivity contribution is 0.101. The maximum Gasteiger partial charge on any atom is 0.264 e. The van der Waals surface area contributed by atoms with Crippen LogP contribution in [0.1, 0.15) is 29.0 Å². The summed E-state index contributed by atoms with van der Waals surface area (Å²) in [5.41, 5.74) is 0.156. The van der Waals surface area contributed by atoms with E-state index in [2.05, 4.69) is 26.1 Å². The molecule has 2 aromatic rings. The Bertz CT molecular complexity index is 627. The van der Waals surface area contributed by atoms with Gasteiger partial charge in [0, 0.05) is 4.47 Å². The minimum atomic E-state index is -0.629. The average molecular weight is 329 g/mol. The number of Topliss-reactive ketones (excluding diaryl/α,β-unsaturated/α-hetero) is 1. The fraction of sp³-hybridized carbons (Fsp3) is 0.250. The molecule has 0 spiro atoms. The summed E-state index contributed by atoms with van der Waals surface area (Å²) >= 11 is 3.13. The highest BCUT2D eigenvalue weighted by Gasteiger charge is 2.16. The van der Waals surface area contributed by atoms with E-state index in [1.807, 2.05) is 0 Å². The second-order valence-corrected chi connectivity index (χ2v) is 4.76. The summed E-state index contributed by atoms with van der Waals surface area (Å²) in [6.45, 7) is 2.90. The van der Waals surface area contributed by atoms with Crippen molar-refractivity contribution in [1.82, 2.24) is 10.1 Å². The summed E-state index contributed by atoms with van der Waals surface area (Å²) in [5, 5.41) is 3.59. The van der Waals surface area contributed by atoms with Crippen LogP contribution >= 0.6 is 15.9 Å². The smallest absolute Gasteiger partial charge is 0.264 e. The second kappa shape index (κ2) is 5.48. The predicted octanol–water partition coefficient (Wildman–Crippen LogP) is 3.06. The standard InChI is InChI=1S/C12H10BrFN2O3/c1-6(17)9-3-8(13)4-10(14)12(9)18-5-11-15-7(2)16-19-11/h3-4H,5H2,1-2H3. The third-order valence-corrected chi connectivity index (χ3v) is 2.76. The molecule has 5 nitrogen and oxygen atoms in total. The maximum absolute atomic E-state index is 13.8. The van der Waals surface area contributed by atoms with Crippen LogP contribution in [0.5, 0.6) is 5.75 Å². The number of hydrogen-bond acceptors (Lipinski definition) is 5. The van der Waals surface area contributed by atoms with Crippen molar-refractivity contribution in [3.63, 3.8) is 0 Å². The van der Waals surface area contributed by atoms with Crippen LogP contribution in [-0.4, -0.2) is 15.9 Å². The summed E-state index contributed by atoms with van der Waals surface area (Å²) in [6.07, 6.45) is 0. The lowest BCUT2D eigenvalue weighted by Crippen LogP contribution is -2.04. The van der Waals surface area contributed by atoms with Crippen molar-refractivity contribution in [1.29, 1.82) is 0 Å². The highest BCUT2D eigenvalue weighted by molar-refractivity contribution is 9.10. The predicted molar refractivity (Wildman–Crippen MR) is 67.5 cm³/mol. The van der Waals surface area contributed by atoms with Crippen molar-refractivity contribution < 1.29 is 18.4 Å². The molecule has 0 aliphatic carbocycles. The van der Waals surface area contributed by atoms with Gasteiger partial charge in [0.2, 0.25) is 0 Å². The zero-order chi connectivity index (χ0) is 14.0. The number of benzene rings is 1. The van der Waals surface area contributed by atoms with Gasteiger partial charge in [-0.3, -0.25) is 4.79 Å². The summed E-state index contributed by atoms with van der Waals surface area (Å²) in [5.74, 6) is -0.365. The fourth-order valence-electron chi connectivity index (χ4n) is 1.50. The first kappa shape index (κ1) is 13.7. The summed E-state index contributed by atoms with van der Waals surface area (Å²) in [4.78, 5) is 15.4. The quantitative estimate of drug-likeness (QED) is 0.807. The van der Waals surface area contributed by atoms with E-state index in [0.29, 0.717) is 10.3 Å². The number of aryl methyl sites for hydroxylation is 1. The molecule has 0 N–H and O–H groups in total. The molecular formula is C12H10BrFN2O3. The monoisotopic (exact) mass is 328 g/mol. The van der Waals surface area contributed by atoms with E-state index in [4.69, 9.17) is 9.26 Å². The molecule has 0 unspecified atom stereocenters. The molecule has 0 saturated heterocycles. The Balaban J connectivity index is 2.26. The average Bonchev–Trinajstić information content (AvgIpc) is 2.73. The largest absolute Gasteiger partial charge is 0.480 e. The Morgan fingerprint density at radius 1 is 1.53 bits per heavy atom. The van der Waals surface area contributed by atoms with E-state index in [0.717, 1.165) is 0 Å². The Kier molecular flexibility index (Phi) is 3.94. The molecule has 0 aliphatic heterocycles. The first-order valence-corrected chi connectivity index (χ1v) is 6.18. The van der Waals surface area contributed by atoms with Gasteiger partial charge in [-0.05, 0) is 26.0 Å². The van der Waals surface area contributed by atoms with Crippen molar-refractivity contribution in [2.24, 2.45) is 0 Å². The highest BCUT2D eigenvalue weighted by atomic mass is 79.9. The number of nitrogens with zero attached hydrogens (tertiary/aromatic N) is 2.